The molecule has 8 heteroatoms. The van der Waals surface area contributed by atoms with Crippen molar-refractivity contribution in [3.05, 3.63) is 35.9 Å². The molecule has 126 valence electrons. The average molecular weight is 440 g/mol. The molecule has 0 aliphatic carbocycles. The largest absolute Gasteiger partial charge is 0.357 e. The van der Waals surface area contributed by atoms with Crippen molar-refractivity contribution in [2.75, 3.05) is 25.4 Å². The maximum Gasteiger partial charge on any atom is 0.210 e. The van der Waals surface area contributed by atoms with E-state index in [-0.39, 0.29) is 36.3 Å². The molecule has 0 heterocycles. The molecule has 0 saturated heterocycles. The van der Waals surface area contributed by atoms with Crippen molar-refractivity contribution in [2.45, 2.75) is 19.8 Å². The van der Waals surface area contributed by atoms with E-state index in [0.29, 0.717) is 25.0 Å². The SMILES string of the molecule is CCNC(=NCC(C)c1ccccc1)NCCS(N)(=O)=O.I. The first kappa shape index (κ1) is 21.1. The highest BCUT2D eigenvalue weighted by Gasteiger charge is 2.06. The zero-order chi connectivity index (χ0) is 15.7. The summed E-state index contributed by atoms with van der Waals surface area (Å²) in [6.07, 6.45) is 0. The number of sulfonamides is 1. The molecule has 0 aliphatic heterocycles. The molecule has 0 amide bonds. The van der Waals surface area contributed by atoms with Gasteiger partial charge in [0.15, 0.2) is 5.96 Å². The van der Waals surface area contributed by atoms with Crippen LogP contribution in [0.2, 0.25) is 0 Å². The molecule has 4 N–H and O–H groups in total. The van der Waals surface area contributed by atoms with Gasteiger partial charge in [-0.3, -0.25) is 4.99 Å². The highest BCUT2D eigenvalue weighted by molar-refractivity contribution is 14.0. The van der Waals surface area contributed by atoms with Crippen molar-refractivity contribution >= 4 is 40.0 Å². The summed E-state index contributed by atoms with van der Waals surface area (Å²) in [6.45, 7) is 5.63. The number of guanidine groups is 1. The van der Waals surface area contributed by atoms with Crippen molar-refractivity contribution in [3.63, 3.8) is 0 Å². The van der Waals surface area contributed by atoms with Gasteiger partial charge in [0.1, 0.15) is 0 Å². The first-order valence-corrected chi connectivity index (χ1v) is 8.71. The van der Waals surface area contributed by atoms with Crippen LogP contribution in [-0.2, 0) is 10.0 Å². The first-order valence-electron chi connectivity index (χ1n) is 7.00. The van der Waals surface area contributed by atoms with Gasteiger partial charge in [0.2, 0.25) is 10.0 Å². The normalized spacial score (nSPS) is 13.1. The minimum atomic E-state index is -3.45. The van der Waals surface area contributed by atoms with Crippen LogP contribution in [-0.4, -0.2) is 39.8 Å². The fourth-order valence-corrected chi connectivity index (χ4v) is 2.16. The lowest BCUT2D eigenvalue weighted by molar-refractivity contribution is 0.596. The third-order valence-electron chi connectivity index (χ3n) is 2.92. The van der Waals surface area contributed by atoms with E-state index < -0.39 is 10.0 Å². The maximum atomic E-state index is 10.9. The minimum Gasteiger partial charge on any atom is -0.357 e. The Balaban J connectivity index is 0.00000441. The standard InChI is InChI=1S/C14H24N4O2S.HI/c1-3-16-14(17-9-10-21(15,19)20)18-11-12(2)13-7-5-4-6-8-13;/h4-8,12H,3,9-11H2,1-2H3,(H2,15,19,20)(H2,16,17,18);1H. The van der Waals surface area contributed by atoms with Crippen molar-refractivity contribution in [1.82, 2.24) is 10.6 Å². The molecule has 0 aromatic heterocycles. The molecular formula is C14H25IN4O2S. The third-order valence-corrected chi connectivity index (χ3v) is 3.69. The number of hydrogen-bond donors (Lipinski definition) is 3. The molecule has 0 aliphatic rings. The number of rotatable bonds is 7. The fourth-order valence-electron chi connectivity index (χ4n) is 1.77. The van der Waals surface area contributed by atoms with Crippen molar-refractivity contribution in [3.8, 4) is 0 Å². The second-order valence-electron chi connectivity index (χ2n) is 4.83. The summed E-state index contributed by atoms with van der Waals surface area (Å²) in [5, 5.41) is 11.0. The van der Waals surface area contributed by atoms with E-state index in [2.05, 4.69) is 34.7 Å². The summed E-state index contributed by atoms with van der Waals surface area (Å²) in [5.41, 5.74) is 1.22. The van der Waals surface area contributed by atoms with Gasteiger partial charge >= 0.3 is 0 Å². The average Bonchev–Trinajstić information content (AvgIpc) is 2.44. The van der Waals surface area contributed by atoms with E-state index >= 15 is 0 Å². The van der Waals surface area contributed by atoms with E-state index in [4.69, 9.17) is 5.14 Å². The number of halogens is 1. The molecule has 1 rings (SSSR count). The predicted octanol–water partition coefficient (Wildman–Crippen LogP) is 1.25. The highest BCUT2D eigenvalue weighted by atomic mass is 127. The second kappa shape index (κ2) is 10.8. The van der Waals surface area contributed by atoms with Crippen LogP contribution in [0.15, 0.2) is 35.3 Å². The number of nitrogens with zero attached hydrogens (tertiary/aromatic N) is 1. The number of nitrogens with one attached hydrogen (secondary N) is 2. The Kier molecular flexibility index (Phi) is 10.4. The Bertz CT molecular complexity index is 549. The lowest BCUT2D eigenvalue weighted by atomic mass is 10.0. The molecule has 22 heavy (non-hydrogen) atoms. The van der Waals surface area contributed by atoms with Gasteiger partial charge < -0.3 is 10.6 Å². The minimum absolute atomic E-state index is 0. The molecular weight excluding hydrogens is 415 g/mol. The summed E-state index contributed by atoms with van der Waals surface area (Å²) in [7, 11) is -3.45. The van der Waals surface area contributed by atoms with Crippen molar-refractivity contribution < 1.29 is 8.42 Å². The van der Waals surface area contributed by atoms with Gasteiger partial charge in [-0.1, -0.05) is 37.3 Å². The van der Waals surface area contributed by atoms with Gasteiger partial charge in [0.25, 0.3) is 0 Å². The number of nitrogens with two attached hydrogens (primary N) is 1. The predicted molar refractivity (Wildman–Crippen MR) is 102 cm³/mol. The lowest BCUT2D eigenvalue weighted by Crippen LogP contribution is -2.40. The molecule has 6 nitrogen and oxygen atoms in total. The van der Waals surface area contributed by atoms with Gasteiger partial charge in [-0.15, -0.1) is 24.0 Å². The van der Waals surface area contributed by atoms with Crippen LogP contribution in [0.25, 0.3) is 0 Å². The Labute approximate surface area is 150 Å². The quantitative estimate of drug-likeness (QED) is 0.338. The zero-order valence-corrected chi connectivity index (χ0v) is 16.1. The van der Waals surface area contributed by atoms with Crippen LogP contribution in [0.5, 0.6) is 0 Å². The number of aliphatic imine (C=N–C) groups is 1. The molecule has 1 unspecified atom stereocenters. The zero-order valence-electron chi connectivity index (χ0n) is 13.0. The number of hydrogen-bond acceptors (Lipinski definition) is 3. The Morgan fingerprint density at radius 1 is 1.27 bits per heavy atom. The summed E-state index contributed by atoms with van der Waals surface area (Å²) in [5.74, 6) is 0.773. The smallest absolute Gasteiger partial charge is 0.210 e. The van der Waals surface area contributed by atoms with Crippen LogP contribution in [0.4, 0.5) is 0 Å². The first-order chi connectivity index (χ1) is 9.92. The van der Waals surface area contributed by atoms with E-state index in [1.54, 1.807) is 0 Å². The summed E-state index contributed by atoms with van der Waals surface area (Å²) < 4.78 is 21.8. The molecule has 0 bridgehead atoms. The molecule has 0 saturated carbocycles. The van der Waals surface area contributed by atoms with Gasteiger partial charge in [0, 0.05) is 25.6 Å². The molecule has 0 spiro atoms. The van der Waals surface area contributed by atoms with E-state index in [9.17, 15) is 8.42 Å². The topological polar surface area (TPSA) is 96.6 Å². The second-order valence-corrected chi connectivity index (χ2v) is 6.56. The van der Waals surface area contributed by atoms with Crippen molar-refractivity contribution in [2.24, 2.45) is 10.1 Å². The van der Waals surface area contributed by atoms with Gasteiger partial charge in [-0.05, 0) is 12.5 Å². The van der Waals surface area contributed by atoms with E-state index in [0.717, 1.165) is 0 Å². The summed E-state index contributed by atoms with van der Waals surface area (Å²) >= 11 is 0. The molecule has 0 fully saturated rings. The monoisotopic (exact) mass is 440 g/mol. The Morgan fingerprint density at radius 3 is 2.45 bits per heavy atom. The van der Waals surface area contributed by atoms with Gasteiger partial charge in [0.05, 0.1) is 5.75 Å². The van der Waals surface area contributed by atoms with E-state index in [1.807, 2.05) is 25.1 Å². The number of benzene rings is 1. The van der Waals surface area contributed by atoms with Gasteiger partial charge in [-0.2, -0.15) is 0 Å². The van der Waals surface area contributed by atoms with Crippen LogP contribution < -0.4 is 15.8 Å². The summed E-state index contributed by atoms with van der Waals surface area (Å²) in [6, 6.07) is 10.1. The maximum absolute atomic E-state index is 10.9. The van der Waals surface area contributed by atoms with Crippen LogP contribution >= 0.6 is 24.0 Å². The fraction of sp³-hybridized carbons (Fsp3) is 0.500. The van der Waals surface area contributed by atoms with Crippen LogP contribution in [0.1, 0.15) is 25.3 Å². The summed E-state index contributed by atoms with van der Waals surface area (Å²) in [4.78, 5) is 4.47. The van der Waals surface area contributed by atoms with Crippen LogP contribution in [0.3, 0.4) is 0 Å². The van der Waals surface area contributed by atoms with Crippen LogP contribution in [0, 0.1) is 0 Å². The van der Waals surface area contributed by atoms with Gasteiger partial charge in [-0.25, -0.2) is 13.6 Å². The molecule has 0 radical (unpaired) electrons. The Morgan fingerprint density at radius 2 is 1.91 bits per heavy atom. The Hall–Kier alpha value is -0.870. The lowest BCUT2D eigenvalue weighted by Gasteiger charge is -2.13. The third kappa shape index (κ3) is 9.21. The number of primary sulfonamides is 1. The molecule has 1 aromatic rings. The van der Waals surface area contributed by atoms with Crippen molar-refractivity contribution in [1.29, 1.82) is 0 Å². The van der Waals surface area contributed by atoms with E-state index in [1.165, 1.54) is 5.56 Å². The molecule has 1 aromatic carbocycles. The molecule has 1 atom stereocenters. The highest BCUT2D eigenvalue weighted by Crippen LogP contribution is 2.14.